The highest BCUT2D eigenvalue weighted by Crippen LogP contribution is 2.16. The first-order valence-corrected chi connectivity index (χ1v) is 11.7. The summed E-state index contributed by atoms with van der Waals surface area (Å²) in [5.41, 5.74) is 1.90. The average molecular weight is 445 g/mol. The van der Waals surface area contributed by atoms with E-state index in [4.69, 9.17) is 0 Å². The van der Waals surface area contributed by atoms with Crippen molar-refractivity contribution < 1.29 is 9.59 Å². The van der Waals surface area contributed by atoms with Crippen LogP contribution < -0.4 is 15.5 Å². The molecule has 1 aliphatic heterocycles. The molecule has 0 atom stereocenters. The van der Waals surface area contributed by atoms with Crippen molar-refractivity contribution in [2.24, 2.45) is 0 Å². The number of benzene rings is 3. The van der Waals surface area contributed by atoms with E-state index in [2.05, 4.69) is 44.7 Å². The Kier molecular flexibility index (Phi) is 7.93. The maximum atomic E-state index is 12.4. The van der Waals surface area contributed by atoms with Crippen molar-refractivity contribution in [1.29, 1.82) is 0 Å². The smallest absolute Gasteiger partial charge is 0.251 e. The summed E-state index contributed by atoms with van der Waals surface area (Å²) in [4.78, 5) is 29.3. The molecule has 6 heteroatoms. The molecule has 172 valence electrons. The van der Waals surface area contributed by atoms with Gasteiger partial charge in [0.05, 0.1) is 0 Å². The number of para-hydroxylation sites is 1. The Bertz CT molecular complexity index is 1060. The predicted octanol–water partition coefficient (Wildman–Crippen LogP) is 3.29. The standard InChI is InChI=1S/C27H32N4O2/c32-26(13-15-29-27(33)24-12-11-22-7-4-5-8-23(22)21-24)28-14-6-16-30-17-19-31(20-18-30)25-9-2-1-3-10-25/h1-5,7-12,21H,6,13-20H2,(H,28,32)(H,29,33). The number of rotatable bonds is 9. The third kappa shape index (κ3) is 6.56. The fourth-order valence-corrected chi connectivity index (χ4v) is 4.21. The number of nitrogens with zero attached hydrogens (tertiary/aromatic N) is 2. The molecule has 1 heterocycles. The maximum Gasteiger partial charge on any atom is 0.251 e. The van der Waals surface area contributed by atoms with E-state index < -0.39 is 0 Å². The minimum atomic E-state index is -0.150. The van der Waals surface area contributed by atoms with Crippen LogP contribution in [0.1, 0.15) is 23.2 Å². The van der Waals surface area contributed by atoms with Gasteiger partial charge in [-0.25, -0.2) is 0 Å². The molecule has 4 rings (SSSR count). The van der Waals surface area contributed by atoms with Gasteiger partial charge in [-0.1, -0.05) is 48.5 Å². The minimum absolute atomic E-state index is 0.0253. The molecule has 33 heavy (non-hydrogen) atoms. The fourth-order valence-electron chi connectivity index (χ4n) is 4.21. The second-order valence-electron chi connectivity index (χ2n) is 8.44. The monoisotopic (exact) mass is 444 g/mol. The summed E-state index contributed by atoms with van der Waals surface area (Å²) in [6.45, 7) is 6.14. The molecular formula is C27H32N4O2. The zero-order chi connectivity index (χ0) is 22.9. The summed E-state index contributed by atoms with van der Waals surface area (Å²) in [5, 5.41) is 7.94. The lowest BCUT2D eigenvalue weighted by atomic mass is 10.1. The molecular weight excluding hydrogens is 412 g/mol. The highest BCUT2D eigenvalue weighted by atomic mass is 16.2. The van der Waals surface area contributed by atoms with E-state index in [0.29, 0.717) is 18.7 Å². The van der Waals surface area contributed by atoms with Crippen LogP contribution in [-0.4, -0.2) is 62.5 Å². The van der Waals surface area contributed by atoms with Crippen molar-refractivity contribution >= 4 is 28.3 Å². The third-order valence-electron chi connectivity index (χ3n) is 6.12. The van der Waals surface area contributed by atoms with E-state index in [9.17, 15) is 9.59 Å². The molecule has 0 unspecified atom stereocenters. The Hall–Kier alpha value is -3.38. The quantitative estimate of drug-likeness (QED) is 0.497. The van der Waals surface area contributed by atoms with Crippen LogP contribution in [0.2, 0.25) is 0 Å². The molecule has 0 bridgehead atoms. The third-order valence-corrected chi connectivity index (χ3v) is 6.12. The lowest BCUT2D eigenvalue weighted by Gasteiger charge is -2.36. The van der Waals surface area contributed by atoms with Crippen LogP contribution in [0, 0.1) is 0 Å². The fraction of sp³-hybridized carbons (Fsp3) is 0.333. The van der Waals surface area contributed by atoms with Crippen LogP contribution in [0.15, 0.2) is 72.8 Å². The highest BCUT2D eigenvalue weighted by molar-refractivity contribution is 5.98. The van der Waals surface area contributed by atoms with Gasteiger partial charge in [0.15, 0.2) is 0 Å². The van der Waals surface area contributed by atoms with Gasteiger partial charge in [0.25, 0.3) is 5.91 Å². The summed E-state index contributed by atoms with van der Waals surface area (Å²) in [7, 11) is 0. The summed E-state index contributed by atoms with van der Waals surface area (Å²) in [5.74, 6) is -0.175. The molecule has 0 aliphatic carbocycles. The SMILES string of the molecule is O=C(CCNC(=O)c1ccc2ccccc2c1)NCCCN1CCN(c2ccccc2)CC1. The zero-order valence-electron chi connectivity index (χ0n) is 19.0. The Morgan fingerprint density at radius 3 is 2.27 bits per heavy atom. The first kappa shape index (κ1) is 22.8. The lowest BCUT2D eigenvalue weighted by Crippen LogP contribution is -2.47. The van der Waals surface area contributed by atoms with Gasteiger partial charge in [0, 0.05) is 56.9 Å². The van der Waals surface area contributed by atoms with Gasteiger partial charge >= 0.3 is 0 Å². The molecule has 1 saturated heterocycles. The highest BCUT2D eigenvalue weighted by Gasteiger charge is 2.16. The van der Waals surface area contributed by atoms with Crippen molar-refractivity contribution in [1.82, 2.24) is 15.5 Å². The number of piperazine rings is 1. The van der Waals surface area contributed by atoms with Crippen LogP contribution in [0.3, 0.4) is 0 Å². The molecule has 3 aromatic rings. The van der Waals surface area contributed by atoms with E-state index in [1.54, 1.807) is 0 Å². The van der Waals surface area contributed by atoms with Gasteiger partial charge in [0.1, 0.15) is 0 Å². The Labute approximate surface area is 195 Å². The second kappa shape index (κ2) is 11.5. The number of hydrogen-bond donors (Lipinski definition) is 2. The van der Waals surface area contributed by atoms with Crippen LogP contribution in [0.4, 0.5) is 5.69 Å². The molecule has 0 radical (unpaired) electrons. The van der Waals surface area contributed by atoms with Crippen LogP contribution in [-0.2, 0) is 4.79 Å². The predicted molar refractivity (Wildman–Crippen MR) is 134 cm³/mol. The van der Waals surface area contributed by atoms with Gasteiger partial charge in [0.2, 0.25) is 5.91 Å². The number of fused-ring (bicyclic) bond motifs is 1. The molecule has 2 N–H and O–H groups in total. The van der Waals surface area contributed by atoms with Crippen LogP contribution in [0.5, 0.6) is 0 Å². The average Bonchev–Trinajstić information content (AvgIpc) is 2.87. The van der Waals surface area contributed by atoms with Gasteiger partial charge in [-0.2, -0.15) is 0 Å². The largest absolute Gasteiger partial charge is 0.369 e. The molecule has 3 aromatic carbocycles. The van der Waals surface area contributed by atoms with Crippen molar-refractivity contribution in [2.75, 3.05) is 50.7 Å². The van der Waals surface area contributed by atoms with Gasteiger partial charge in [-0.05, 0) is 48.0 Å². The number of carbonyl (C=O) groups excluding carboxylic acids is 2. The Morgan fingerprint density at radius 1 is 0.758 bits per heavy atom. The summed E-state index contributed by atoms with van der Waals surface area (Å²) in [6, 6.07) is 24.1. The van der Waals surface area contributed by atoms with E-state index in [0.717, 1.165) is 49.9 Å². The van der Waals surface area contributed by atoms with Crippen molar-refractivity contribution in [3.63, 3.8) is 0 Å². The van der Waals surface area contributed by atoms with Crippen molar-refractivity contribution in [3.05, 3.63) is 78.4 Å². The number of amides is 2. The zero-order valence-corrected chi connectivity index (χ0v) is 19.0. The minimum Gasteiger partial charge on any atom is -0.369 e. The van der Waals surface area contributed by atoms with E-state index >= 15 is 0 Å². The lowest BCUT2D eigenvalue weighted by molar-refractivity contribution is -0.120. The molecule has 0 spiro atoms. The van der Waals surface area contributed by atoms with Gasteiger partial charge in [-0.15, -0.1) is 0 Å². The molecule has 0 saturated carbocycles. The molecule has 0 aromatic heterocycles. The maximum absolute atomic E-state index is 12.4. The van der Waals surface area contributed by atoms with E-state index in [1.807, 2.05) is 48.5 Å². The first-order valence-electron chi connectivity index (χ1n) is 11.7. The summed E-state index contributed by atoms with van der Waals surface area (Å²) >= 11 is 0. The van der Waals surface area contributed by atoms with Crippen LogP contribution >= 0.6 is 0 Å². The number of nitrogens with one attached hydrogen (secondary N) is 2. The van der Waals surface area contributed by atoms with Crippen LogP contribution in [0.25, 0.3) is 10.8 Å². The second-order valence-corrected chi connectivity index (χ2v) is 8.44. The van der Waals surface area contributed by atoms with Crippen molar-refractivity contribution in [2.45, 2.75) is 12.8 Å². The van der Waals surface area contributed by atoms with E-state index in [-0.39, 0.29) is 18.2 Å². The number of hydrogen-bond acceptors (Lipinski definition) is 4. The summed E-state index contributed by atoms with van der Waals surface area (Å²) in [6.07, 6.45) is 1.22. The van der Waals surface area contributed by atoms with Gasteiger partial charge in [-0.3, -0.25) is 14.5 Å². The van der Waals surface area contributed by atoms with Gasteiger partial charge < -0.3 is 15.5 Å². The first-order chi connectivity index (χ1) is 16.2. The normalized spacial score (nSPS) is 14.2. The Morgan fingerprint density at radius 2 is 1.48 bits per heavy atom. The molecule has 1 aliphatic rings. The topological polar surface area (TPSA) is 64.7 Å². The molecule has 6 nitrogen and oxygen atoms in total. The molecule has 2 amide bonds. The number of carbonyl (C=O) groups is 2. The van der Waals surface area contributed by atoms with E-state index in [1.165, 1.54) is 5.69 Å². The van der Waals surface area contributed by atoms with Crippen molar-refractivity contribution in [3.8, 4) is 0 Å². The Balaban J connectivity index is 1.08. The summed E-state index contributed by atoms with van der Waals surface area (Å²) < 4.78 is 0. The number of anilines is 1. The molecule has 1 fully saturated rings.